The van der Waals surface area contributed by atoms with Gasteiger partial charge >= 0.3 is 5.97 Å². The molecule has 4 aromatic rings. The second-order valence-electron chi connectivity index (χ2n) is 9.64. The predicted octanol–water partition coefficient (Wildman–Crippen LogP) is 6.96. The van der Waals surface area contributed by atoms with E-state index in [2.05, 4.69) is 15.9 Å². The maximum atomic E-state index is 13.7. The maximum Gasteiger partial charge on any atom is 0.343 e. The van der Waals surface area contributed by atoms with Crippen molar-refractivity contribution in [2.75, 3.05) is 12.0 Å². The normalized spacial score (nSPS) is 14.7. The molecular weight excluding hydrogens is 656 g/mol. The molecule has 0 aliphatic carbocycles. The molecule has 0 saturated heterocycles. The van der Waals surface area contributed by atoms with E-state index >= 15 is 0 Å². The average Bonchev–Trinajstić information content (AvgIpc) is 3.55. The minimum Gasteiger partial charge on any atom is -0.465 e. The number of nitrogens with zero attached hydrogens (tertiary/aromatic N) is 2. The van der Waals surface area contributed by atoms with Gasteiger partial charge in [0, 0.05) is 33.5 Å². The van der Waals surface area contributed by atoms with E-state index in [1.807, 2.05) is 24.3 Å². The van der Waals surface area contributed by atoms with Gasteiger partial charge in [0.15, 0.2) is 0 Å². The quantitative estimate of drug-likeness (QED) is 0.107. The van der Waals surface area contributed by atoms with Crippen LogP contribution in [0.3, 0.4) is 0 Å². The molecule has 11 heteroatoms. The van der Waals surface area contributed by atoms with E-state index in [1.165, 1.54) is 17.5 Å². The molecule has 43 heavy (non-hydrogen) atoms. The van der Waals surface area contributed by atoms with Crippen molar-refractivity contribution in [3.63, 3.8) is 0 Å². The summed E-state index contributed by atoms with van der Waals surface area (Å²) in [5, 5.41) is 0.545. The first kappa shape index (κ1) is 30.5. The Hall–Kier alpha value is -3.96. The van der Waals surface area contributed by atoms with Crippen LogP contribution in [-0.2, 0) is 37.4 Å². The Morgan fingerprint density at radius 2 is 1.65 bits per heavy atom. The van der Waals surface area contributed by atoms with Crippen molar-refractivity contribution in [2.24, 2.45) is 0 Å². The Labute approximate surface area is 263 Å². The standard InChI is InChI=1S/C32H26BrClN2O6S/c1-21-30(32(38)41-2)31(37)29(36(21)25-14-10-23(33)11-15-25)18-26-16-17-27(42-26)20-35(19-22-8-12-24(34)13-9-22)43(39,40)28-6-4-3-5-7-28/h3-18H,19-20H2,1-2H3/b29-18+. The Bertz CT molecular complexity index is 1830. The van der Waals surface area contributed by atoms with Gasteiger partial charge in [-0.2, -0.15) is 4.31 Å². The monoisotopic (exact) mass is 680 g/mol. The van der Waals surface area contributed by atoms with Crippen molar-refractivity contribution in [1.29, 1.82) is 0 Å². The zero-order chi connectivity index (χ0) is 30.7. The SMILES string of the molecule is COC(=O)C1=C(C)N(c2ccc(Br)cc2)/C(=C/c2ccc(CN(Cc3ccc(Cl)cc3)S(=O)(=O)c3ccccc3)o2)C1=O. The van der Waals surface area contributed by atoms with Crippen LogP contribution < -0.4 is 4.90 Å². The number of sulfonamides is 1. The molecule has 0 bridgehead atoms. The van der Waals surface area contributed by atoms with Crippen LogP contribution >= 0.6 is 27.5 Å². The lowest BCUT2D eigenvalue weighted by Crippen LogP contribution is -2.30. The molecule has 1 aliphatic rings. The highest BCUT2D eigenvalue weighted by Gasteiger charge is 2.38. The highest BCUT2D eigenvalue weighted by Crippen LogP contribution is 2.36. The maximum absolute atomic E-state index is 13.7. The number of hydrogen-bond donors (Lipinski definition) is 0. The van der Waals surface area contributed by atoms with Crippen molar-refractivity contribution in [3.05, 3.63) is 135 Å². The molecule has 0 spiro atoms. The lowest BCUT2D eigenvalue weighted by molar-refractivity contribution is -0.137. The summed E-state index contributed by atoms with van der Waals surface area (Å²) in [6, 6.07) is 25.7. The first-order valence-electron chi connectivity index (χ1n) is 13.1. The number of ketones is 1. The molecule has 1 aliphatic heterocycles. The number of carbonyl (C=O) groups is 2. The van der Waals surface area contributed by atoms with Gasteiger partial charge in [-0.25, -0.2) is 13.2 Å². The number of furan rings is 1. The van der Waals surface area contributed by atoms with Crippen LogP contribution in [0.2, 0.25) is 5.02 Å². The third kappa shape index (κ3) is 6.52. The third-order valence-electron chi connectivity index (χ3n) is 6.82. The van der Waals surface area contributed by atoms with Gasteiger partial charge in [-0.1, -0.05) is 57.9 Å². The highest BCUT2D eigenvalue weighted by atomic mass is 79.9. The summed E-state index contributed by atoms with van der Waals surface area (Å²) in [6.07, 6.45) is 1.53. The molecular formula is C32H26BrClN2O6S. The van der Waals surface area contributed by atoms with Gasteiger partial charge in [0.1, 0.15) is 17.1 Å². The van der Waals surface area contributed by atoms with Crippen molar-refractivity contribution in [1.82, 2.24) is 4.31 Å². The minimum absolute atomic E-state index is 0.0713. The van der Waals surface area contributed by atoms with E-state index in [9.17, 15) is 18.0 Å². The van der Waals surface area contributed by atoms with Crippen LogP contribution in [0.1, 0.15) is 24.0 Å². The van der Waals surface area contributed by atoms with E-state index in [-0.39, 0.29) is 29.3 Å². The van der Waals surface area contributed by atoms with Gasteiger partial charge in [0.05, 0.1) is 24.2 Å². The number of carbonyl (C=O) groups excluding carboxylic acids is 2. The molecule has 0 unspecified atom stereocenters. The fraction of sp³-hybridized carbons (Fsp3) is 0.125. The molecule has 5 rings (SSSR count). The number of esters is 1. The van der Waals surface area contributed by atoms with Gasteiger partial charge in [-0.05, 0) is 73.2 Å². The highest BCUT2D eigenvalue weighted by molar-refractivity contribution is 9.10. The zero-order valence-electron chi connectivity index (χ0n) is 23.2. The summed E-state index contributed by atoms with van der Waals surface area (Å²) in [5.41, 5.74) is 1.94. The average molecular weight is 682 g/mol. The van der Waals surface area contributed by atoms with Crippen LogP contribution in [0.15, 0.2) is 122 Å². The van der Waals surface area contributed by atoms with E-state index in [0.29, 0.717) is 27.9 Å². The summed E-state index contributed by atoms with van der Waals surface area (Å²) < 4.78 is 40.4. The summed E-state index contributed by atoms with van der Waals surface area (Å²) in [4.78, 5) is 27.8. The van der Waals surface area contributed by atoms with E-state index < -0.39 is 21.8 Å². The first-order chi connectivity index (χ1) is 20.6. The number of allylic oxidation sites excluding steroid dienone is 2. The fourth-order valence-electron chi connectivity index (χ4n) is 4.71. The molecule has 0 amide bonds. The number of Topliss-reactive ketones (excluding diaryl/α,β-unsaturated/α-hetero) is 1. The smallest absolute Gasteiger partial charge is 0.343 e. The largest absolute Gasteiger partial charge is 0.465 e. The van der Waals surface area contributed by atoms with Gasteiger partial charge in [0.2, 0.25) is 15.8 Å². The summed E-state index contributed by atoms with van der Waals surface area (Å²) in [6.45, 7) is 1.68. The van der Waals surface area contributed by atoms with Crippen LogP contribution in [-0.4, -0.2) is 31.6 Å². The third-order valence-corrected chi connectivity index (χ3v) is 9.41. The summed E-state index contributed by atoms with van der Waals surface area (Å²) in [7, 11) is -2.68. The minimum atomic E-state index is -3.90. The second kappa shape index (κ2) is 12.7. The summed E-state index contributed by atoms with van der Waals surface area (Å²) in [5.74, 6) is -0.583. The number of benzene rings is 3. The fourth-order valence-corrected chi connectivity index (χ4v) is 6.51. The summed E-state index contributed by atoms with van der Waals surface area (Å²) >= 11 is 9.45. The second-order valence-corrected chi connectivity index (χ2v) is 12.9. The van der Waals surface area contributed by atoms with Gasteiger partial charge in [-0.15, -0.1) is 0 Å². The molecule has 0 fully saturated rings. The van der Waals surface area contributed by atoms with Gasteiger partial charge < -0.3 is 14.1 Å². The molecule has 8 nitrogen and oxygen atoms in total. The molecule has 0 radical (unpaired) electrons. The van der Waals surface area contributed by atoms with Crippen LogP contribution in [0.5, 0.6) is 0 Å². The number of halogens is 2. The first-order valence-corrected chi connectivity index (χ1v) is 15.7. The zero-order valence-corrected chi connectivity index (χ0v) is 26.3. The van der Waals surface area contributed by atoms with Gasteiger partial charge in [-0.3, -0.25) is 4.79 Å². The lowest BCUT2D eigenvalue weighted by Gasteiger charge is -2.22. The molecule has 220 valence electrons. The molecule has 0 N–H and O–H groups in total. The molecule has 0 atom stereocenters. The Morgan fingerprint density at radius 3 is 2.30 bits per heavy atom. The number of anilines is 1. The number of ether oxygens (including phenoxy) is 1. The lowest BCUT2D eigenvalue weighted by atomic mass is 10.1. The topological polar surface area (TPSA) is 97.1 Å². The molecule has 3 aromatic carbocycles. The number of rotatable bonds is 9. The van der Waals surface area contributed by atoms with Crippen molar-refractivity contribution >= 4 is 61.1 Å². The Kier molecular flexibility index (Phi) is 9.03. The van der Waals surface area contributed by atoms with E-state index in [0.717, 1.165) is 10.0 Å². The molecule has 0 saturated carbocycles. The van der Waals surface area contributed by atoms with Gasteiger partial charge in [0.25, 0.3) is 0 Å². The van der Waals surface area contributed by atoms with Crippen LogP contribution in [0.25, 0.3) is 6.08 Å². The molecule has 2 heterocycles. The van der Waals surface area contributed by atoms with E-state index in [4.69, 9.17) is 20.8 Å². The van der Waals surface area contributed by atoms with Crippen LogP contribution in [0, 0.1) is 0 Å². The van der Waals surface area contributed by atoms with Crippen molar-refractivity contribution in [2.45, 2.75) is 24.9 Å². The van der Waals surface area contributed by atoms with Crippen molar-refractivity contribution in [3.8, 4) is 0 Å². The Morgan fingerprint density at radius 1 is 0.977 bits per heavy atom. The Balaban J connectivity index is 1.49. The number of methoxy groups -OCH3 is 1. The van der Waals surface area contributed by atoms with Crippen LogP contribution in [0.4, 0.5) is 5.69 Å². The molecule has 1 aromatic heterocycles. The predicted molar refractivity (Wildman–Crippen MR) is 167 cm³/mol. The van der Waals surface area contributed by atoms with E-state index in [1.54, 1.807) is 78.6 Å². The van der Waals surface area contributed by atoms with Crippen molar-refractivity contribution < 1.29 is 27.2 Å². The number of hydrogen-bond acceptors (Lipinski definition) is 7.